The first-order valence-electron chi connectivity index (χ1n) is 7.68. The van der Waals surface area contributed by atoms with Crippen molar-refractivity contribution in [1.29, 1.82) is 0 Å². The van der Waals surface area contributed by atoms with Crippen LogP contribution in [0.3, 0.4) is 0 Å². The Kier molecular flexibility index (Phi) is 4.80. The van der Waals surface area contributed by atoms with Crippen molar-refractivity contribution in [3.05, 3.63) is 42.2 Å². The number of nitrogens with one attached hydrogen (secondary N) is 1. The topological polar surface area (TPSA) is 37.4 Å². The van der Waals surface area contributed by atoms with Gasteiger partial charge in [0.15, 0.2) is 0 Å². The predicted octanol–water partition coefficient (Wildman–Crippen LogP) is 2.05. The van der Waals surface area contributed by atoms with E-state index in [1.807, 2.05) is 12.4 Å². The monoisotopic (exact) mass is 285 g/mol. The fourth-order valence-corrected chi connectivity index (χ4v) is 2.79. The Labute approximate surface area is 126 Å². The Hall–Kier alpha value is -1.49. The zero-order valence-electron chi connectivity index (χ0n) is 12.6. The van der Waals surface area contributed by atoms with E-state index >= 15 is 0 Å². The van der Waals surface area contributed by atoms with Crippen molar-refractivity contribution in [2.45, 2.75) is 19.5 Å². The Morgan fingerprint density at radius 3 is 3.19 bits per heavy atom. The zero-order valence-corrected chi connectivity index (χ0v) is 12.6. The van der Waals surface area contributed by atoms with Gasteiger partial charge in [0.25, 0.3) is 0 Å². The van der Waals surface area contributed by atoms with E-state index in [0.717, 1.165) is 39.4 Å². The van der Waals surface area contributed by atoms with E-state index in [4.69, 9.17) is 4.74 Å². The number of benzene rings is 1. The van der Waals surface area contributed by atoms with Crippen LogP contribution in [0.4, 0.5) is 0 Å². The number of hydrogen-bond acceptors (Lipinski definition) is 4. The minimum atomic E-state index is 0.514. The maximum Gasteiger partial charge on any atom is 0.0594 e. The molecule has 0 unspecified atom stereocenters. The average molecular weight is 285 g/mol. The van der Waals surface area contributed by atoms with Crippen LogP contribution in [-0.2, 0) is 11.3 Å². The van der Waals surface area contributed by atoms with Gasteiger partial charge in [-0.3, -0.25) is 9.88 Å². The Balaban J connectivity index is 1.75. The van der Waals surface area contributed by atoms with Gasteiger partial charge >= 0.3 is 0 Å². The molecule has 0 bridgehead atoms. The third kappa shape index (κ3) is 3.79. The predicted molar refractivity (Wildman–Crippen MR) is 85.3 cm³/mol. The average Bonchev–Trinajstić information content (AvgIpc) is 2.61. The SMILES string of the molecule is C[C@@H]1CNCCOCCN1Cc1ccc2cnccc2c1. The molecule has 0 saturated carbocycles. The molecular weight excluding hydrogens is 262 g/mol. The van der Waals surface area contributed by atoms with Crippen LogP contribution in [-0.4, -0.2) is 48.8 Å². The molecule has 1 aliphatic rings. The van der Waals surface area contributed by atoms with Gasteiger partial charge in [-0.1, -0.05) is 12.1 Å². The molecule has 0 amide bonds. The molecule has 1 atom stereocenters. The Morgan fingerprint density at radius 2 is 2.24 bits per heavy atom. The number of fused-ring (bicyclic) bond motifs is 1. The molecule has 3 rings (SSSR count). The van der Waals surface area contributed by atoms with Crippen LogP contribution in [0.15, 0.2) is 36.7 Å². The van der Waals surface area contributed by atoms with E-state index in [0.29, 0.717) is 6.04 Å². The molecule has 2 aromatic rings. The number of pyridine rings is 1. The molecule has 4 nitrogen and oxygen atoms in total. The van der Waals surface area contributed by atoms with Gasteiger partial charge in [0.1, 0.15) is 0 Å². The lowest BCUT2D eigenvalue weighted by molar-refractivity contribution is 0.102. The summed E-state index contributed by atoms with van der Waals surface area (Å²) in [5.41, 5.74) is 1.35. The first-order chi connectivity index (χ1) is 10.3. The van der Waals surface area contributed by atoms with E-state index in [9.17, 15) is 0 Å². The number of ether oxygens (including phenoxy) is 1. The third-order valence-electron chi connectivity index (χ3n) is 4.10. The second-order valence-corrected chi connectivity index (χ2v) is 5.69. The normalized spacial score (nSPS) is 21.7. The minimum absolute atomic E-state index is 0.514. The fourth-order valence-electron chi connectivity index (χ4n) is 2.79. The molecule has 2 heterocycles. The van der Waals surface area contributed by atoms with Crippen LogP contribution in [0, 0.1) is 0 Å². The molecule has 0 radical (unpaired) electrons. The fraction of sp³-hybridized carbons (Fsp3) is 0.471. The highest BCUT2D eigenvalue weighted by molar-refractivity contribution is 5.81. The second-order valence-electron chi connectivity index (χ2n) is 5.69. The summed E-state index contributed by atoms with van der Waals surface area (Å²) in [7, 11) is 0. The van der Waals surface area contributed by atoms with Gasteiger partial charge in [0.2, 0.25) is 0 Å². The van der Waals surface area contributed by atoms with Crippen molar-refractivity contribution >= 4 is 10.8 Å². The van der Waals surface area contributed by atoms with E-state index in [2.05, 4.69) is 46.4 Å². The molecule has 21 heavy (non-hydrogen) atoms. The molecule has 0 aliphatic carbocycles. The molecular formula is C17H23N3O. The van der Waals surface area contributed by atoms with E-state index in [1.165, 1.54) is 16.3 Å². The van der Waals surface area contributed by atoms with E-state index < -0.39 is 0 Å². The molecule has 112 valence electrons. The minimum Gasteiger partial charge on any atom is -0.379 e. The quantitative estimate of drug-likeness (QED) is 0.916. The summed E-state index contributed by atoms with van der Waals surface area (Å²) in [4.78, 5) is 6.66. The smallest absolute Gasteiger partial charge is 0.0594 e. The largest absolute Gasteiger partial charge is 0.379 e. The standard InChI is InChI=1S/C17H23N3O/c1-14-11-19-6-8-21-9-7-20(14)13-15-2-3-17-12-18-5-4-16(17)10-15/h2-5,10,12,14,19H,6-9,11,13H2,1H3/t14-/m1/s1. The Morgan fingerprint density at radius 1 is 1.29 bits per heavy atom. The maximum absolute atomic E-state index is 5.63. The van der Waals surface area contributed by atoms with Gasteiger partial charge in [-0.05, 0) is 30.0 Å². The van der Waals surface area contributed by atoms with Crippen molar-refractivity contribution in [2.75, 3.05) is 32.8 Å². The van der Waals surface area contributed by atoms with E-state index in [1.54, 1.807) is 0 Å². The third-order valence-corrected chi connectivity index (χ3v) is 4.10. The van der Waals surface area contributed by atoms with Gasteiger partial charge in [-0.25, -0.2) is 0 Å². The molecule has 4 heteroatoms. The van der Waals surface area contributed by atoms with Crippen molar-refractivity contribution in [2.24, 2.45) is 0 Å². The number of nitrogens with zero attached hydrogens (tertiary/aromatic N) is 2. The summed E-state index contributed by atoms with van der Waals surface area (Å²) in [5.74, 6) is 0. The van der Waals surface area contributed by atoms with Gasteiger partial charge in [-0.15, -0.1) is 0 Å². The summed E-state index contributed by atoms with van der Waals surface area (Å²) in [6, 6.07) is 9.22. The summed E-state index contributed by atoms with van der Waals surface area (Å²) in [6.07, 6.45) is 3.77. The Bertz CT molecular complexity index is 587. The van der Waals surface area contributed by atoms with Gasteiger partial charge in [-0.2, -0.15) is 0 Å². The first kappa shape index (κ1) is 14.4. The molecule has 1 N–H and O–H groups in total. The van der Waals surface area contributed by atoms with Crippen molar-refractivity contribution in [1.82, 2.24) is 15.2 Å². The summed E-state index contributed by atoms with van der Waals surface area (Å²) in [5, 5.41) is 5.90. The van der Waals surface area contributed by atoms with Crippen LogP contribution >= 0.6 is 0 Å². The van der Waals surface area contributed by atoms with Gasteiger partial charge in [0.05, 0.1) is 13.2 Å². The van der Waals surface area contributed by atoms with Crippen LogP contribution in [0.25, 0.3) is 10.8 Å². The highest BCUT2D eigenvalue weighted by atomic mass is 16.5. The van der Waals surface area contributed by atoms with Gasteiger partial charge in [0, 0.05) is 50.0 Å². The zero-order chi connectivity index (χ0) is 14.5. The van der Waals surface area contributed by atoms with Crippen LogP contribution in [0.2, 0.25) is 0 Å². The first-order valence-corrected chi connectivity index (χ1v) is 7.68. The van der Waals surface area contributed by atoms with Crippen LogP contribution in [0.1, 0.15) is 12.5 Å². The lowest BCUT2D eigenvalue weighted by atomic mass is 10.1. The van der Waals surface area contributed by atoms with E-state index in [-0.39, 0.29) is 0 Å². The lowest BCUT2D eigenvalue weighted by Gasteiger charge is -2.28. The lowest BCUT2D eigenvalue weighted by Crippen LogP contribution is -2.40. The molecule has 1 aromatic carbocycles. The summed E-state index contributed by atoms with van der Waals surface area (Å²) in [6.45, 7) is 7.81. The number of rotatable bonds is 2. The number of hydrogen-bond donors (Lipinski definition) is 1. The maximum atomic E-state index is 5.63. The van der Waals surface area contributed by atoms with Crippen LogP contribution < -0.4 is 5.32 Å². The molecule has 1 aliphatic heterocycles. The molecule has 1 aromatic heterocycles. The summed E-state index contributed by atoms with van der Waals surface area (Å²) < 4.78 is 5.63. The van der Waals surface area contributed by atoms with Crippen LogP contribution in [0.5, 0.6) is 0 Å². The highest BCUT2D eigenvalue weighted by Crippen LogP contribution is 2.17. The highest BCUT2D eigenvalue weighted by Gasteiger charge is 2.15. The van der Waals surface area contributed by atoms with Crippen molar-refractivity contribution in [3.63, 3.8) is 0 Å². The molecule has 1 saturated heterocycles. The summed E-state index contributed by atoms with van der Waals surface area (Å²) >= 11 is 0. The molecule has 0 spiro atoms. The molecule has 1 fully saturated rings. The second kappa shape index (κ2) is 6.98. The number of aromatic nitrogens is 1. The van der Waals surface area contributed by atoms with Crippen molar-refractivity contribution < 1.29 is 4.74 Å². The van der Waals surface area contributed by atoms with Crippen molar-refractivity contribution in [3.8, 4) is 0 Å². The van der Waals surface area contributed by atoms with Gasteiger partial charge < -0.3 is 10.1 Å².